The number of para-hydroxylation sites is 1. The molecular weight excluding hydrogens is 418 g/mol. The lowest BCUT2D eigenvalue weighted by Gasteiger charge is -2.24. The van der Waals surface area contributed by atoms with Gasteiger partial charge < -0.3 is 5.32 Å². The van der Waals surface area contributed by atoms with Crippen molar-refractivity contribution in [3.63, 3.8) is 0 Å². The summed E-state index contributed by atoms with van der Waals surface area (Å²) in [5.74, 6) is -0.709. The van der Waals surface area contributed by atoms with Crippen LogP contribution in [0, 0.1) is 0 Å². The molecule has 0 radical (unpaired) electrons. The van der Waals surface area contributed by atoms with Crippen molar-refractivity contribution >= 4 is 57.7 Å². The molecule has 1 aliphatic rings. The number of nitrogens with one attached hydrogen (secondary N) is 1. The number of hydrogen-bond donors (Lipinski definition) is 1. The molecule has 1 N–H and O–H groups in total. The average molecular weight is 434 g/mol. The molecule has 30 heavy (non-hydrogen) atoms. The fourth-order valence-corrected chi connectivity index (χ4v) is 3.73. The normalized spacial score (nSPS) is 15.1. The number of hydrogen-bond acceptors (Lipinski definition) is 4. The van der Waals surface area contributed by atoms with Crippen LogP contribution in [0.1, 0.15) is 5.56 Å². The van der Waals surface area contributed by atoms with Gasteiger partial charge in [0.05, 0.1) is 10.6 Å². The lowest BCUT2D eigenvalue weighted by Crippen LogP contribution is -2.35. The Kier molecular flexibility index (Phi) is 5.97. The number of nitrogens with zero attached hydrogens (tertiary/aromatic N) is 2. The molecule has 0 aromatic heterocycles. The van der Waals surface area contributed by atoms with E-state index in [-0.39, 0.29) is 11.0 Å². The number of rotatable bonds is 4. The molecule has 1 heterocycles. The topological polar surface area (TPSA) is 61.8 Å². The Morgan fingerprint density at radius 1 is 0.933 bits per heavy atom. The van der Waals surface area contributed by atoms with Gasteiger partial charge in [-0.3, -0.25) is 9.59 Å². The minimum Gasteiger partial charge on any atom is -0.320 e. The largest absolute Gasteiger partial charge is 0.320 e. The molecule has 1 aliphatic heterocycles. The van der Waals surface area contributed by atoms with Gasteiger partial charge in [-0.1, -0.05) is 71.9 Å². The Morgan fingerprint density at radius 3 is 2.23 bits per heavy atom. The Labute approximate surface area is 183 Å². The van der Waals surface area contributed by atoms with Crippen LogP contribution in [-0.4, -0.2) is 16.9 Å². The zero-order chi connectivity index (χ0) is 20.9. The quantitative estimate of drug-likeness (QED) is 0.559. The van der Waals surface area contributed by atoms with E-state index in [1.54, 1.807) is 42.5 Å². The fraction of sp³-hybridized carbons (Fsp3) is 0. The highest BCUT2D eigenvalue weighted by molar-refractivity contribution is 8.19. The highest BCUT2D eigenvalue weighted by Gasteiger charge is 2.31. The number of hydrazone groups is 1. The standard InChI is InChI=1S/C23H16ClN3O2S/c24-17-11-13-19(14-12-17)27-23(29)20(15-16-7-3-1-4-8-16)30-22(26-27)21(28)25-18-9-5-2-6-10-18/h1-15H,(H,25,28). The van der Waals surface area contributed by atoms with Gasteiger partial charge in [-0.05, 0) is 48.0 Å². The molecule has 0 spiro atoms. The van der Waals surface area contributed by atoms with E-state index in [2.05, 4.69) is 10.4 Å². The molecule has 148 valence electrons. The van der Waals surface area contributed by atoms with Gasteiger partial charge in [-0.25, -0.2) is 0 Å². The number of amides is 2. The van der Waals surface area contributed by atoms with Crippen LogP contribution in [0.5, 0.6) is 0 Å². The molecule has 3 aromatic carbocycles. The molecule has 0 saturated heterocycles. The number of anilines is 2. The lowest BCUT2D eigenvalue weighted by atomic mass is 10.2. The van der Waals surface area contributed by atoms with Crippen molar-refractivity contribution in [1.82, 2.24) is 0 Å². The lowest BCUT2D eigenvalue weighted by molar-refractivity contribution is -0.114. The van der Waals surface area contributed by atoms with Gasteiger partial charge in [-0.15, -0.1) is 0 Å². The van der Waals surface area contributed by atoms with Crippen molar-refractivity contribution in [2.75, 3.05) is 10.3 Å². The molecule has 0 saturated carbocycles. The van der Waals surface area contributed by atoms with Crippen LogP contribution >= 0.6 is 23.4 Å². The molecule has 0 atom stereocenters. The van der Waals surface area contributed by atoms with Crippen molar-refractivity contribution < 1.29 is 9.59 Å². The second-order valence-electron chi connectivity index (χ2n) is 6.34. The third kappa shape index (κ3) is 4.62. The van der Waals surface area contributed by atoms with Crippen molar-refractivity contribution in [3.8, 4) is 0 Å². The number of benzene rings is 3. The molecule has 5 nitrogen and oxygen atoms in total. The number of thioether (sulfide) groups is 1. The van der Waals surface area contributed by atoms with Gasteiger partial charge in [-0.2, -0.15) is 10.1 Å². The molecule has 0 unspecified atom stereocenters. The van der Waals surface area contributed by atoms with Gasteiger partial charge in [0.2, 0.25) is 0 Å². The van der Waals surface area contributed by atoms with Crippen LogP contribution in [0.3, 0.4) is 0 Å². The average Bonchev–Trinajstić information content (AvgIpc) is 2.77. The van der Waals surface area contributed by atoms with Crippen LogP contribution < -0.4 is 10.3 Å². The molecule has 0 aliphatic carbocycles. The van der Waals surface area contributed by atoms with Crippen molar-refractivity contribution in [2.24, 2.45) is 5.10 Å². The summed E-state index contributed by atoms with van der Waals surface area (Å²) in [5, 5.41) is 9.06. The van der Waals surface area contributed by atoms with Crippen LogP contribution in [0.4, 0.5) is 11.4 Å². The summed E-state index contributed by atoms with van der Waals surface area (Å²) >= 11 is 7.02. The maximum absolute atomic E-state index is 13.1. The monoisotopic (exact) mass is 433 g/mol. The van der Waals surface area contributed by atoms with Crippen LogP contribution in [0.2, 0.25) is 5.02 Å². The summed E-state index contributed by atoms with van der Waals surface area (Å²) in [6, 6.07) is 25.3. The number of carbonyl (C=O) groups is 2. The first-order valence-electron chi connectivity index (χ1n) is 9.10. The van der Waals surface area contributed by atoms with E-state index in [0.29, 0.717) is 21.3 Å². The van der Waals surface area contributed by atoms with E-state index < -0.39 is 5.91 Å². The minimum absolute atomic E-state index is 0.163. The maximum atomic E-state index is 13.1. The van der Waals surface area contributed by atoms with Crippen molar-refractivity contribution in [2.45, 2.75) is 0 Å². The van der Waals surface area contributed by atoms with Crippen LogP contribution in [0.25, 0.3) is 6.08 Å². The summed E-state index contributed by atoms with van der Waals surface area (Å²) in [6.45, 7) is 0. The van der Waals surface area contributed by atoms with E-state index in [1.165, 1.54) is 5.01 Å². The zero-order valence-electron chi connectivity index (χ0n) is 15.7. The summed E-state index contributed by atoms with van der Waals surface area (Å²) < 4.78 is 0. The smallest absolute Gasteiger partial charge is 0.285 e. The van der Waals surface area contributed by atoms with Crippen LogP contribution in [-0.2, 0) is 9.59 Å². The predicted octanol–water partition coefficient (Wildman–Crippen LogP) is 5.41. The van der Waals surface area contributed by atoms with E-state index in [1.807, 2.05) is 48.5 Å². The summed E-state index contributed by atoms with van der Waals surface area (Å²) in [7, 11) is 0. The molecule has 2 amide bonds. The first-order chi connectivity index (χ1) is 14.6. The second kappa shape index (κ2) is 8.98. The molecule has 0 fully saturated rings. The van der Waals surface area contributed by atoms with E-state index >= 15 is 0 Å². The van der Waals surface area contributed by atoms with E-state index in [4.69, 9.17) is 11.6 Å². The zero-order valence-corrected chi connectivity index (χ0v) is 17.2. The highest BCUT2D eigenvalue weighted by atomic mass is 35.5. The predicted molar refractivity (Wildman–Crippen MR) is 123 cm³/mol. The van der Waals surface area contributed by atoms with Gasteiger partial charge in [0.15, 0.2) is 5.04 Å². The van der Waals surface area contributed by atoms with Gasteiger partial charge in [0, 0.05) is 10.7 Å². The Bertz CT molecular complexity index is 1130. The Balaban J connectivity index is 1.71. The molecule has 4 rings (SSSR count). The van der Waals surface area contributed by atoms with Crippen molar-refractivity contribution in [1.29, 1.82) is 0 Å². The Morgan fingerprint density at radius 2 is 1.57 bits per heavy atom. The summed E-state index contributed by atoms with van der Waals surface area (Å²) in [4.78, 5) is 26.4. The first kappa shape index (κ1) is 19.9. The SMILES string of the molecule is O=C(Nc1ccccc1)C1=NN(c2ccc(Cl)cc2)C(=O)C(=Cc2ccccc2)S1. The third-order valence-electron chi connectivity index (χ3n) is 4.20. The van der Waals surface area contributed by atoms with Gasteiger partial charge in [0.25, 0.3) is 11.8 Å². The molecular formula is C23H16ClN3O2S. The third-order valence-corrected chi connectivity index (χ3v) is 5.42. The van der Waals surface area contributed by atoms with Gasteiger partial charge >= 0.3 is 0 Å². The molecule has 0 bridgehead atoms. The fourth-order valence-electron chi connectivity index (χ4n) is 2.76. The van der Waals surface area contributed by atoms with Crippen molar-refractivity contribution in [3.05, 3.63) is 100 Å². The Hall–Kier alpha value is -3.35. The molecule has 7 heteroatoms. The summed E-state index contributed by atoms with van der Waals surface area (Å²) in [5.41, 5.74) is 2.03. The number of halogens is 1. The second-order valence-corrected chi connectivity index (χ2v) is 7.81. The van der Waals surface area contributed by atoms with Crippen LogP contribution in [0.15, 0.2) is 94.9 Å². The first-order valence-corrected chi connectivity index (χ1v) is 10.3. The number of carbonyl (C=O) groups excluding carboxylic acids is 2. The summed E-state index contributed by atoms with van der Waals surface area (Å²) in [6.07, 6.45) is 1.75. The maximum Gasteiger partial charge on any atom is 0.285 e. The van der Waals surface area contributed by atoms with E-state index in [0.717, 1.165) is 17.3 Å². The van der Waals surface area contributed by atoms with E-state index in [9.17, 15) is 9.59 Å². The molecule has 3 aromatic rings. The minimum atomic E-state index is -0.392. The van der Waals surface area contributed by atoms with Gasteiger partial charge in [0.1, 0.15) is 0 Å². The highest BCUT2D eigenvalue weighted by Crippen LogP contribution is 2.32.